The highest BCUT2D eigenvalue weighted by Gasteiger charge is 2.17. The SMILES string of the molecule is Cc1cc(NC(=O)c2ccc3c(c2)OCO3)ccc1NC(=O)c1ccco1. The number of furan rings is 1. The van der Waals surface area contributed by atoms with Gasteiger partial charge in [0.05, 0.1) is 6.26 Å². The Hall–Kier alpha value is -3.74. The summed E-state index contributed by atoms with van der Waals surface area (Å²) < 4.78 is 15.6. The third-order valence-corrected chi connectivity index (χ3v) is 4.11. The maximum Gasteiger partial charge on any atom is 0.291 e. The Kier molecular flexibility index (Phi) is 4.25. The van der Waals surface area contributed by atoms with E-state index in [0.29, 0.717) is 28.4 Å². The van der Waals surface area contributed by atoms with Crippen LogP contribution in [0.4, 0.5) is 11.4 Å². The van der Waals surface area contributed by atoms with Crippen LogP contribution in [0.25, 0.3) is 0 Å². The lowest BCUT2D eigenvalue weighted by atomic mass is 10.1. The molecule has 3 aromatic rings. The van der Waals surface area contributed by atoms with Crippen LogP contribution in [0.3, 0.4) is 0 Å². The number of fused-ring (bicyclic) bond motifs is 1. The molecule has 1 aliphatic heterocycles. The minimum atomic E-state index is -0.333. The number of anilines is 2. The van der Waals surface area contributed by atoms with E-state index in [4.69, 9.17) is 13.9 Å². The predicted molar refractivity (Wildman–Crippen MR) is 98.4 cm³/mol. The molecule has 0 bridgehead atoms. The first-order chi connectivity index (χ1) is 13.1. The molecule has 0 radical (unpaired) electrons. The molecule has 4 rings (SSSR count). The van der Waals surface area contributed by atoms with Crippen molar-refractivity contribution in [2.24, 2.45) is 0 Å². The van der Waals surface area contributed by atoms with Gasteiger partial charge in [-0.3, -0.25) is 9.59 Å². The van der Waals surface area contributed by atoms with Gasteiger partial charge >= 0.3 is 0 Å². The minimum absolute atomic E-state index is 0.158. The van der Waals surface area contributed by atoms with Crippen molar-refractivity contribution < 1.29 is 23.5 Å². The lowest BCUT2D eigenvalue weighted by Crippen LogP contribution is -2.14. The summed E-state index contributed by atoms with van der Waals surface area (Å²) >= 11 is 0. The average molecular weight is 364 g/mol. The van der Waals surface area contributed by atoms with Gasteiger partial charge in [-0.2, -0.15) is 0 Å². The molecule has 7 nitrogen and oxygen atoms in total. The highest BCUT2D eigenvalue weighted by atomic mass is 16.7. The number of aryl methyl sites for hydroxylation is 1. The van der Waals surface area contributed by atoms with Crippen LogP contribution in [0.15, 0.2) is 59.2 Å². The van der Waals surface area contributed by atoms with E-state index in [0.717, 1.165) is 5.56 Å². The standard InChI is InChI=1S/C20H16N2O5/c1-12-9-14(5-6-15(12)22-20(24)17-3-2-8-25-17)21-19(23)13-4-7-16-18(10-13)27-11-26-16/h2-10H,11H2,1H3,(H,21,23)(H,22,24). The number of carbonyl (C=O) groups is 2. The molecule has 2 amide bonds. The molecule has 2 heterocycles. The molecule has 0 unspecified atom stereocenters. The molecule has 2 aromatic carbocycles. The van der Waals surface area contributed by atoms with Gasteiger partial charge < -0.3 is 24.5 Å². The summed E-state index contributed by atoms with van der Waals surface area (Å²) in [6.45, 7) is 2.00. The maximum absolute atomic E-state index is 12.5. The van der Waals surface area contributed by atoms with Gasteiger partial charge in [-0.1, -0.05) is 0 Å². The van der Waals surface area contributed by atoms with Crippen molar-refractivity contribution in [3.8, 4) is 11.5 Å². The van der Waals surface area contributed by atoms with Crippen molar-refractivity contribution in [2.45, 2.75) is 6.92 Å². The summed E-state index contributed by atoms with van der Waals surface area (Å²) in [6.07, 6.45) is 1.44. The lowest BCUT2D eigenvalue weighted by Gasteiger charge is -2.11. The van der Waals surface area contributed by atoms with Crippen molar-refractivity contribution in [1.82, 2.24) is 0 Å². The molecule has 136 valence electrons. The van der Waals surface area contributed by atoms with Gasteiger partial charge in [-0.05, 0) is 61.0 Å². The second kappa shape index (κ2) is 6.87. The normalized spacial score (nSPS) is 11.9. The molecular weight excluding hydrogens is 348 g/mol. The van der Waals surface area contributed by atoms with Gasteiger partial charge in [0, 0.05) is 16.9 Å². The third kappa shape index (κ3) is 3.48. The summed E-state index contributed by atoms with van der Waals surface area (Å²) in [7, 11) is 0. The molecule has 2 N–H and O–H groups in total. The second-order valence-electron chi connectivity index (χ2n) is 5.98. The molecule has 27 heavy (non-hydrogen) atoms. The first-order valence-electron chi connectivity index (χ1n) is 8.27. The van der Waals surface area contributed by atoms with E-state index in [1.807, 2.05) is 6.92 Å². The van der Waals surface area contributed by atoms with E-state index in [1.54, 1.807) is 48.5 Å². The van der Waals surface area contributed by atoms with Gasteiger partial charge in [0.25, 0.3) is 11.8 Å². The highest BCUT2D eigenvalue weighted by molar-refractivity contribution is 6.05. The monoisotopic (exact) mass is 364 g/mol. The Morgan fingerprint density at radius 3 is 2.56 bits per heavy atom. The van der Waals surface area contributed by atoms with Crippen LogP contribution in [0, 0.1) is 6.92 Å². The zero-order valence-corrected chi connectivity index (χ0v) is 14.4. The van der Waals surface area contributed by atoms with E-state index in [1.165, 1.54) is 6.26 Å². The molecule has 0 fully saturated rings. The zero-order valence-electron chi connectivity index (χ0n) is 14.4. The fourth-order valence-electron chi connectivity index (χ4n) is 2.71. The molecule has 0 atom stereocenters. The van der Waals surface area contributed by atoms with Crippen LogP contribution in [0.1, 0.15) is 26.5 Å². The quantitative estimate of drug-likeness (QED) is 0.734. The van der Waals surface area contributed by atoms with Crippen LogP contribution in [0.2, 0.25) is 0 Å². The molecule has 0 aliphatic carbocycles. The van der Waals surface area contributed by atoms with Gasteiger partial charge in [0.2, 0.25) is 6.79 Å². The van der Waals surface area contributed by atoms with E-state index >= 15 is 0 Å². The number of rotatable bonds is 4. The lowest BCUT2D eigenvalue weighted by molar-refractivity contribution is 0.0994. The number of benzene rings is 2. The molecule has 7 heteroatoms. The molecular formula is C20H16N2O5. The summed E-state index contributed by atoms with van der Waals surface area (Å²) in [4.78, 5) is 24.5. The molecule has 0 saturated carbocycles. The first-order valence-corrected chi connectivity index (χ1v) is 8.27. The smallest absolute Gasteiger partial charge is 0.291 e. The summed E-state index contributed by atoms with van der Waals surface area (Å²) in [5, 5.41) is 5.61. The zero-order chi connectivity index (χ0) is 18.8. The topological polar surface area (TPSA) is 89.8 Å². The van der Waals surface area contributed by atoms with Crippen LogP contribution >= 0.6 is 0 Å². The van der Waals surface area contributed by atoms with Gasteiger partial charge in [0.1, 0.15) is 0 Å². The summed E-state index contributed by atoms with van der Waals surface area (Å²) in [5.74, 6) is 0.809. The van der Waals surface area contributed by atoms with Crippen molar-refractivity contribution in [2.75, 3.05) is 17.4 Å². The highest BCUT2D eigenvalue weighted by Crippen LogP contribution is 2.32. The largest absolute Gasteiger partial charge is 0.459 e. The first kappa shape index (κ1) is 16.7. The Labute approximate surface area is 154 Å². The fourth-order valence-corrected chi connectivity index (χ4v) is 2.71. The van der Waals surface area contributed by atoms with Gasteiger partial charge in [0.15, 0.2) is 17.3 Å². The van der Waals surface area contributed by atoms with Crippen molar-refractivity contribution in [3.05, 3.63) is 71.7 Å². The Balaban J connectivity index is 1.46. The molecule has 1 aliphatic rings. The van der Waals surface area contributed by atoms with Crippen LogP contribution in [-0.4, -0.2) is 18.6 Å². The number of nitrogens with one attached hydrogen (secondary N) is 2. The summed E-state index contributed by atoms with van der Waals surface area (Å²) in [6, 6.07) is 13.5. The van der Waals surface area contributed by atoms with Crippen LogP contribution < -0.4 is 20.1 Å². The Bertz CT molecular complexity index is 1010. The number of ether oxygens (including phenoxy) is 2. The third-order valence-electron chi connectivity index (χ3n) is 4.11. The molecule has 0 saturated heterocycles. The molecule has 1 aromatic heterocycles. The number of hydrogen-bond donors (Lipinski definition) is 2. The van der Waals surface area contributed by atoms with Crippen molar-refractivity contribution >= 4 is 23.2 Å². The van der Waals surface area contributed by atoms with E-state index < -0.39 is 0 Å². The Morgan fingerprint density at radius 1 is 0.926 bits per heavy atom. The average Bonchev–Trinajstić information content (AvgIpc) is 3.34. The van der Waals surface area contributed by atoms with E-state index in [-0.39, 0.29) is 24.4 Å². The van der Waals surface area contributed by atoms with Gasteiger partial charge in [-0.15, -0.1) is 0 Å². The molecule has 0 spiro atoms. The predicted octanol–water partition coefficient (Wildman–Crippen LogP) is 3.82. The Morgan fingerprint density at radius 2 is 1.78 bits per heavy atom. The van der Waals surface area contributed by atoms with Crippen LogP contribution in [0.5, 0.6) is 11.5 Å². The van der Waals surface area contributed by atoms with Gasteiger partial charge in [-0.25, -0.2) is 0 Å². The van der Waals surface area contributed by atoms with Crippen molar-refractivity contribution in [3.63, 3.8) is 0 Å². The minimum Gasteiger partial charge on any atom is -0.459 e. The second-order valence-corrected chi connectivity index (χ2v) is 5.98. The fraction of sp³-hybridized carbons (Fsp3) is 0.100. The van der Waals surface area contributed by atoms with Crippen molar-refractivity contribution in [1.29, 1.82) is 0 Å². The van der Waals surface area contributed by atoms with Crippen LogP contribution in [-0.2, 0) is 0 Å². The summed E-state index contributed by atoms with van der Waals surface area (Å²) in [5.41, 5.74) is 2.52. The van der Waals surface area contributed by atoms with E-state index in [9.17, 15) is 9.59 Å². The van der Waals surface area contributed by atoms with E-state index in [2.05, 4.69) is 10.6 Å². The number of carbonyl (C=O) groups excluding carboxylic acids is 2. The number of amides is 2. The number of hydrogen-bond acceptors (Lipinski definition) is 5. The maximum atomic E-state index is 12.5.